The number of allylic oxidation sites excluding steroid dienone is 1. The number of nitrogens with zero attached hydrogens (tertiary/aromatic N) is 2. The van der Waals surface area contributed by atoms with Gasteiger partial charge >= 0.3 is 11.9 Å². The lowest BCUT2D eigenvalue weighted by atomic mass is 9.32. The summed E-state index contributed by atoms with van der Waals surface area (Å²) in [6, 6.07) is 3.35. The molecule has 6 aliphatic carbocycles. The van der Waals surface area contributed by atoms with Crippen molar-refractivity contribution in [2.24, 2.45) is 73.9 Å². The Morgan fingerprint density at radius 2 is 1.62 bits per heavy atom. The van der Waals surface area contributed by atoms with Crippen LogP contribution in [0.2, 0.25) is 0 Å². The third-order valence-electron chi connectivity index (χ3n) is 20.2. The highest BCUT2D eigenvalue weighted by Gasteiger charge is 2.72. The second-order valence-electron chi connectivity index (χ2n) is 23.1. The van der Waals surface area contributed by atoms with E-state index >= 15 is 4.79 Å². The predicted molar refractivity (Wildman–Crippen MR) is 229 cm³/mol. The number of hydrogen-bond donors (Lipinski definition) is 2. The van der Waals surface area contributed by atoms with Gasteiger partial charge in [0.2, 0.25) is 5.91 Å². The Balaban J connectivity index is 0.967. The molecule has 10 heteroatoms. The number of aromatic nitrogens is 2. The highest BCUT2D eigenvalue weighted by atomic mass is 19.1. The van der Waals surface area contributed by atoms with Gasteiger partial charge in [0, 0.05) is 23.6 Å². The van der Waals surface area contributed by atoms with E-state index in [0.717, 1.165) is 83.1 Å². The van der Waals surface area contributed by atoms with Gasteiger partial charge < -0.3 is 19.7 Å². The third kappa shape index (κ3) is 5.97. The van der Waals surface area contributed by atoms with Crippen LogP contribution in [-0.4, -0.2) is 50.5 Å². The number of imidazole rings is 1. The van der Waals surface area contributed by atoms with Crippen molar-refractivity contribution in [3.8, 4) is 11.3 Å². The number of fused-ring (bicyclic) bond motifs is 7. The number of carboxylic acids is 1. The summed E-state index contributed by atoms with van der Waals surface area (Å²) in [7, 11) is 0. The summed E-state index contributed by atoms with van der Waals surface area (Å²) in [6.07, 6.45) is 13.4. The Morgan fingerprint density at radius 3 is 2.31 bits per heavy atom. The zero-order valence-electron chi connectivity index (χ0n) is 37.8. The number of H-pyrrole nitrogens is 1. The Labute approximate surface area is 361 Å². The molecule has 2 N–H and O–H groups in total. The van der Waals surface area contributed by atoms with Gasteiger partial charge in [0.15, 0.2) is 0 Å². The second kappa shape index (κ2) is 14.2. The lowest BCUT2D eigenvalue weighted by molar-refractivity contribution is -0.251. The van der Waals surface area contributed by atoms with E-state index in [1.165, 1.54) is 17.7 Å². The van der Waals surface area contributed by atoms with E-state index in [2.05, 4.69) is 58.0 Å². The van der Waals surface area contributed by atoms with Crippen LogP contribution in [-0.2, 0) is 19.1 Å². The van der Waals surface area contributed by atoms with Gasteiger partial charge in [-0.1, -0.05) is 60.6 Å². The quantitative estimate of drug-likeness (QED) is 0.212. The molecule has 1 saturated heterocycles. The van der Waals surface area contributed by atoms with Gasteiger partial charge in [0.1, 0.15) is 23.6 Å². The molecular formula is C51H69F2N3O5. The number of nitrogens with one attached hydrogen (secondary N) is 1. The average molecular weight is 842 g/mol. The summed E-state index contributed by atoms with van der Waals surface area (Å²) in [6.45, 7) is 23.6. The fourth-order valence-corrected chi connectivity index (χ4v) is 16.6. The molecule has 7 fully saturated rings. The SMILES string of the molecule is C=C(C)[C@@H]1CC[C@]2(C(=O)N3CCC[C@H]3c3ncc(-c4ccc(F)cc4F)[nH]3)CC[C@]3(C)[C@H](CC[C@@H]4[C@@]5(C)CC[C@H](OC(=O)[C@H]6C[C@@H](C(=O)O)C6(C)C)C(C)(C)[C@@H]5CC[C@]43C)[C@@H]12. The third-order valence-corrected chi connectivity index (χ3v) is 20.2. The number of likely N-dealkylation sites (tertiary alicyclic amines) is 1. The Hall–Kier alpha value is -3.56. The lowest BCUT2D eigenvalue weighted by Crippen LogP contribution is -2.67. The van der Waals surface area contributed by atoms with Crippen molar-refractivity contribution in [3.63, 3.8) is 0 Å². The molecule has 0 spiro atoms. The van der Waals surface area contributed by atoms with E-state index in [1.807, 2.05) is 13.8 Å². The summed E-state index contributed by atoms with van der Waals surface area (Å²) in [5.74, 6) is -0.532. The highest BCUT2D eigenvalue weighted by molar-refractivity contribution is 5.85. The van der Waals surface area contributed by atoms with Gasteiger partial charge in [-0.25, -0.2) is 13.8 Å². The van der Waals surface area contributed by atoms with Crippen LogP contribution in [0.4, 0.5) is 8.78 Å². The molecule has 8 nitrogen and oxygen atoms in total. The molecule has 2 heterocycles. The number of aliphatic carboxylic acids is 1. The molecule has 61 heavy (non-hydrogen) atoms. The van der Waals surface area contributed by atoms with Gasteiger partial charge in [0.25, 0.3) is 0 Å². The molecule has 1 aromatic heterocycles. The standard InChI is InChI=1S/C51H69F2N3O5/c1-28(2)30-16-21-51(45(60)56-24-10-11-37(56)42-54-27-36(55-42)31-13-12-29(52)25-35(31)53)23-22-49(8)32(41(30)51)14-15-39-48(7)19-18-40(47(5,6)38(48)17-20-50(39,49)9)61-44(59)34-26-33(43(57)58)46(34,3)4/h12-13,25,27,30,32-34,37-41H,1,10-11,14-24,26H2,2-9H3,(H,54,55)(H,57,58)/t30-,32+,33-,34+,37-,38-,39+,40-,41+,48-,49+,50+,51-/m0/s1. The topological polar surface area (TPSA) is 113 Å². The smallest absolute Gasteiger partial charge is 0.309 e. The van der Waals surface area contributed by atoms with Crippen molar-refractivity contribution in [3.05, 3.63) is 54.0 Å². The molecule has 0 unspecified atom stereocenters. The van der Waals surface area contributed by atoms with E-state index in [9.17, 15) is 23.5 Å². The van der Waals surface area contributed by atoms with Gasteiger partial charge in [-0.2, -0.15) is 0 Å². The maximum absolute atomic E-state index is 15.5. The monoisotopic (exact) mass is 842 g/mol. The number of esters is 1. The molecule has 7 aliphatic rings. The number of carbonyl (C=O) groups is 3. The molecule has 1 aliphatic heterocycles. The fraction of sp³-hybridized carbons (Fsp3) is 0.725. The number of benzene rings is 1. The molecule has 0 bridgehead atoms. The first-order valence-corrected chi connectivity index (χ1v) is 23.5. The van der Waals surface area contributed by atoms with Crippen LogP contribution in [0.1, 0.15) is 151 Å². The summed E-state index contributed by atoms with van der Waals surface area (Å²) in [4.78, 5) is 51.2. The minimum atomic E-state index is -0.834. The van der Waals surface area contributed by atoms with Crippen molar-refractivity contribution in [1.29, 1.82) is 0 Å². The molecule has 2 aromatic rings. The highest BCUT2D eigenvalue weighted by Crippen LogP contribution is 2.78. The first kappa shape index (κ1) is 42.7. The maximum atomic E-state index is 15.5. The summed E-state index contributed by atoms with van der Waals surface area (Å²) in [5, 5.41) is 9.70. The molecule has 9 rings (SSSR count). The number of carboxylic acid groups (broad SMARTS) is 1. The predicted octanol–water partition coefficient (Wildman–Crippen LogP) is 11.3. The second-order valence-corrected chi connectivity index (χ2v) is 23.1. The molecular weight excluding hydrogens is 773 g/mol. The summed E-state index contributed by atoms with van der Waals surface area (Å²) < 4.78 is 35.0. The van der Waals surface area contributed by atoms with Crippen LogP contribution in [0, 0.1) is 85.5 Å². The van der Waals surface area contributed by atoms with Crippen LogP contribution in [0.5, 0.6) is 0 Å². The van der Waals surface area contributed by atoms with Gasteiger partial charge in [-0.3, -0.25) is 14.4 Å². The van der Waals surface area contributed by atoms with E-state index < -0.39 is 34.4 Å². The van der Waals surface area contributed by atoms with Crippen LogP contribution in [0.25, 0.3) is 11.3 Å². The lowest BCUT2D eigenvalue weighted by Gasteiger charge is -2.73. The number of ether oxygens (including phenoxy) is 1. The van der Waals surface area contributed by atoms with E-state index in [-0.39, 0.29) is 69.0 Å². The normalized spacial score (nSPS) is 42.0. The Bertz CT molecular complexity index is 2150. The van der Waals surface area contributed by atoms with Crippen LogP contribution in [0.15, 0.2) is 36.5 Å². The zero-order valence-corrected chi connectivity index (χ0v) is 37.8. The van der Waals surface area contributed by atoms with Crippen molar-refractivity contribution >= 4 is 17.8 Å². The number of amides is 1. The van der Waals surface area contributed by atoms with Crippen LogP contribution in [0.3, 0.4) is 0 Å². The molecule has 1 aromatic carbocycles. The molecule has 6 saturated carbocycles. The summed E-state index contributed by atoms with van der Waals surface area (Å²) in [5.41, 5.74) is 0.833. The zero-order chi connectivity index (χ0) is 43.8. The largest absolute Gasteiger partial charge is 0.481 e. The minimum absolute atomic E-state index is 0.0415. The Morgan fingerprint density at radius 1 is 0.869 bits per heavy atom. The van der Waals surface area contributed by atoms with Crippen molar-refractivity contribution in [2.75, 3.05) is 6.54 Å². The van der Waals surface area contributed by atoms with E-state index in [0.29, 0.717) is 42.2 Å². The molecule has 332 valence electrons. The Kier molecular flexibility index (Phi) is 9.96. The molecule has 13 atom stereocenters. The van der Waals surface area contributed by atoms with E-state index in [1.54, 1.807) is 6.20 Å². The minimum Gasteiger partial charge on any atom is -0.481 e. The fourth-order valence-electron chi connectivity index (χ4n) is 16.6. The summed E-state index contributed by atoms with van der Waals surface area (Å²) >= 11 is 0. The molecule has 0 radical (unpaired) electrons. The number of hydrogen-bond acceptors (Lipinski definition) is 5. The van der Waals surface area contributed by atoms with Crippen LogP contribution >= 0.6 is 0 Å². The molecule has 1 amide bonds. The first-order chi connectivity index (χ1) is 28.6. The first-order valence-electron chi connectivity index (χ1n) is 23.5. The van der Waals surface area contributed by atoms with Gasteiger partial charge in [-0.15, -0.1) is 0 Å². The number of carbonyl (C=O) groups excluding carboxylic acids is 2. The van der Waals surface area contributed by atoms with Gasteiger partial charge in [0.05, 0.1) is 35.2 Å². The maximum Gasteiger partial charge on any atom is 0.309 e. The van der Waals surface area contributed by atoms with Crippen LogP contribution < -0.4 is 0 Å². The number of aromatic amines is 1. The van der Waals surface area contributed by atoms with E-state index in [4.69, 9.17) is 9.72 Å². The number of halogens is 2. The van der Waals surface area contributed by atoms with Crippen molar-refractivity contribution in [2.45, 2.75) is 151 Å². The van der Waals surface area contributed by atoms with Crippen molar-refractivity contribution in [1.82, 2.24) is 14.9 Å². The van der Waals surface area contributed by atoms with Gasteiger partial charge in [-0.05, 0) is 154 Å². The van der Waals surface area contributed by atoms with Crippen molar-refractivity contribution < 1.29 is 33.0 Å². The number of rotatable bonds is 7. The average Bonchev–Trinajstić information content (AvgIpc) is 3.95.